The predicted octanol–water partition coefficient (Wildman–Crippen LogP) is 4.64. The van der Waals surface area contributed by atoms with Crippen molar-refractivity contribution in [1.82, 2.24) is 4.98 Å². The Bertz CT molecular complexity index is 1190. The van der Waals surface area contributed by atoms with E-state index >= 15 is 0 Å². The third kappa shape index (κ3) is 2.91. The minimum atomic E-state index is -0.143. The molecule has 4 aromatic rings. The summed E-state index contributed by atoms with van der Waals surface area (Å²) >= 11 is 0. The molecule has 0 radical (unpaired) electrons. The molecule has 0 unspecified atom stereocenters. The van der Waals surface area contributed by atoms with Crippen LogP contribution < -0.4 is 14.2 Å². The van der Waals surface area contributed by atoms with Crippen molar-refractivity contribution in [2.75, 3.05) is 21.3 Å². The van der Waals surface area contributed by atoms with Crippen molar-refractivity contribution < 1.29 is 19.0 Å². The average molecular weight is 373 g/mol. The Balaban J connectivity index is 2.09. The fourth-order valence-electron chi connectivity index (χ4n) is 3.40. The average Bonchev–Trinajstić information content (AvgIpc) is 2.77. The summed E-state index contributed by atoms with van der Waals surface area (Å²) in [7, 11) is 4.80. The van der Waals surface area contributed by atoms with E-state index < -0.39 is 0 Å². The van der Waals surface area contributed by atoms with Crippen molar-refractivity contribution in [1.29, 1.82) is 0 Å². The van der Waals surface area contributed by atoms with Crippen molar-refractivity contribution in [3.63, 3.8) is 0 Å². The zero-order chi connectivity index (χ0) is 19.7. The molecule has 3 aromatic carbocycles. The van der Waals surface area contributed by atoms with E-state index in [1.165, 1.54) is 0 Å². The Morgan fingerprint density at radius 3 is 2.18 bits per heavy atom. The highest BCUT2D eigenvalue weighted by atomic mass is 16.5. The van der Waals surface area contributed by atoms with Crippen LogP contribution in [0.3, 0.4) is 0 Å². The van der Waals surface area contributed by atoms with Gasteiger partial charge in [0.1, 0.15) is 11.4 Å². The topological polar surface area (TPSA) is 57.7 Å². The van der Waals surface area contributed by atoms with Crippen molar-refractivity contribution in [3.05, 3.63) is 72.1 Å². The summed E-state index contributed by atoms with van der Waals surface area (Å²) in [4.78, 5) is 17.4. The highest BCUT2D eigenvalue weighted by molar-refractivity contribution is 6.22. The minimum absolute atomic E-state index is 0.143. The van der Waals surface area contributed by atoms with Gasteiger partial charge in [-0.15, -0.1) is 0 Å². The van der Waals surface area contributed by atoms with E-state index in [1.54, 1.807) is 45.7 Å². The van der Waals surface area contributed by atoms with Crippen molar-refractivity contribution >= 4 is 27.3 Å². The van der Waals surface area contributed by atoms with E-state index in [1.807, 2.05) is 36.4 Å². The summed E-state index contributed by atoms with van der Waals surface area (Å²) in [5.74, 6) is 1.76. The third-order valence-corrected chi connectivity index (χ3v) is 4.81. The maximum atomic E-state index is 13.2. The number of hydrogen-bond donors (Lipinski definition) is 0. The third-order valence-electron chi connectivity index (χ3n) is 4.81. The summed E-state index contributed by atoms with van der Waals surface area (Å²) in [5.41, 5.74) is 0.957. The lowest BCUT2D eigenvalue weighted by atomic mass is 9.93. The molecule has 0 aliphatic heterocycles. The minimum Gasteiger partial charge on any atom is -0.497 e. The summed E-state index contributed by atoms with van der Waals surface area (Å²) in [5, 5.41) is 3.55. The molecule has 140 valence electrons. The van der Waals surface area contributed by atoms with Gasteiger partial charge in [-0.05, 0) is 64.0 Å². The molecule has 0 bridgehead atoms. The maximum Gasteiger partial charge on any atom is 0.211 e. The molecule has 0 fully saturated rings. The van der Waals surface area contributed by atoms with E-state index in [-0.39, 0.29) is 5.78 Å². The molecule has 0 saturated carbocycles. The van der Waals surface area contributed by atoms with Crippen LogP contribution in [0.15, 0.2) is 60.8 Å². The lowest BCUT2D eigenvalue weighted by molar-refractivity contribution is 0.103. The number of nitrogens with zero attached hydrogens (tertiary/aromatic N) is 1. The zero-order valence-electron chi connectivity index (χ0n) is 15.9. The molecule has 5 heteroatoms. The molecule has 1 aromatic heterocycles. The van der Waals surface area contributed by atoms with Gasteiger partial charge < -0.3 is 14.2 Å². The Morgan fingerprint density at radius 2 is 1.54 bits per heavy atom. The molecule has 0 aliphatic carbocycles. The van der Waals surface area contributed by atoms with Gasteiger partial charge >= 0.3 is 0 Å². The van der Waals surface area contributed by atoms with Crippen LogP contribution in [-0.4, -0.2) is 32.1 Å². The summed E-state index contributed by atoms with van der Waals surface area (Å²) < 4.78 is 16.3. The van der Waals surface area contributed by atoms with Crippen molar-refractivity contribution in [2.24, 2.45) is 0 Å². The number of fused-ring (bicyclic) bond motifs is 3. The molecular formula is C23H19NO4. The molecule has 0 atom stereocenters. The van der Waals surface area contributed by atoms with Crippen LogP contribution in [0.25, 0.3) is 21.5 Å². The lowest BCUT2D eigenvalue weighted by Crippen LogP contribution is -2.05. The number of pyridine rings is 1. The highest BCUT2D eigenvalue weighted by Crippen LogP contribution is 2.39. The standard InChI is InChI=1S/C23H19NO4/c1-26-15-8-7-14-10-19(23(25)20-6-4-5-9-24-20)18-13-22(28-3)21(27-2)12-17(18)16(14)11-15/h4-13H,1-3H3. The van der Waals surface area contributed by atoms with Crippen LogP contribution >= 0.6 is 0 Å². The Morgan fingerprint density at radius 1 is 0.786 bits per heavy atom. The molecule has 1 heterocycles. The van der Waals surface area contributed by atoms with Gasteiger partial charge in [0.15, 0.2) is 11.5 Å². The van der Waals surface area contributed by atoms with Gasteiger partial charge in [0.2, 0.25) is 5.78 Å². The van der Waals surface area contributed by atoms with Crippen LogP contribution in [0, 0.1) is 0 Å². The number of carbonyl (C=O) groups excluding carboxylic acids is 1. The fourth-order valence-corrected chi connectivity index (χ4v) is 3.40. The lowest BCUT2D eigenvalue weighted by Gasteiger charge is -2.14. The molecular weight excluding hydrogens is 354 g/mol. The summed E-state index contributed by atoms with van der Waals surface area (Å²) in [6, 6.07) is 16.7. The molecule has 0 aliphatic rings. The number of ether oxygens (including phenoxy) is 3. The first-order valence-electron chi connectivity index (χ1n) is 8.78. The van der Waals surface area contributed by atoms with Crippen LogP contribution in [-0.2, 0) is 0 Å². The first-order chi connectivity index (χ1) is 13.7. The quantitative estimate of drug-likeness (QED) is 0.377. The Kier molecular flexibility index (Phi) is 4.57. The number of hydrogen-bond acceptors (Lipinski definition) is 5. The summed E-state index contributed by atoms with van der Waals surface area (Å²) in [6.45, 7) is 0. The number of methoxy groups -OCH3 is 3. The number of rotatable bonds is 5. The maximum absolute atomic E-state index is 13.2. The number of benzene rings is 3. The van der Waals surface area contributed by atoms with Gasteiger partial charge in [-0.3, -0.25) is 9.78 Å². The molecule has 28 heavy (non-hydrogen) atoms. The SMILES string of the molecule is COc1ccc2cc(C(=O)c3ccccn3)c3cc(OC)c(OC)cc3c2c1. The molecule has 5 nitrogen and oxygen atoms in total. The molecule has 0 amide bonds. The summed E-state index contributed by atoms with van der Waals surface area (Å²) in [6.07, 6.45) is 1.62. The van der Waals surface area contributed by atoms with Gasteiger partial charge in [0.05, 0.1) is 21.3 Å². The molecule has 0 saturated heterocycles. The first kappa shape index (κ1) is 17.8. The molecule has 4 rings (SSSR count). The van der Waals surface area contributed by atoms with Gasteiger partial charge in [-0.25, -0.2) is 0 Å². The van der Waals surface area contributed by atoms with Crippen molar-refractivity contribution in [2.45, 2.75) is 0 Å². The van der Waals surface area contributed by atoms with Gasteiger partial charge in [0, 0.05) is 11.8 Å². The zero-order valence-corrected chi connectivity index (χ0v) is 15.9. The van der Waals surface area contributed by atoms with E-state index in [4.69, 9.17) is 14.2 Å². The normalized spacial score (nSPS) is 10.8. The van der Waals surface area contributed by atoms with E-state index in [0.717, 1.165) is 27.3 Å². The Hall–Kier alpha value is -3.60. The smallest absolute Gasteiger partial charge is 0.211 e. The van der Waals surface area contributed by atoms with E-state index in [0.29, 0.717) is 22.8 Å². The van der Waals surface area contributed by atoms with Crippen LogP contribution in [0.4, 0.5) is 0 Å². The monoisotopic (exact) mass is 373 g/mol. The second-order valence-electron chi connectivity index (χ2n) is 6.31. The van der Waals surface area contributed by atoms with Gasteiger partial charge in [-0.2, -0.15) is 0 Å². The number of carbonyl (C=O) groups is 1. The van der Waals surface area contributed by atoms with Crippen molar-refractivity contribution in [3.8, 4) is 17.2 Å². The first-order valence-corrected chi connectivity index (χ1v) is 8.78. The van der Waals surface area contributed by atoms with Gasteiger partial charge in [-0.1, -0.05) is 12.1 Å². The second-order valence-corrected chi connectivity index (χ2v) is 6.31. The molecule has 0 spiro atoms. The number of ketones is 1. The number of aromatic nitrogens is 1. The van der Waals surface area contributed by atoms with Gasteiger partial charge in [0.25, 0.3) is 0 Å². The van der Waals surface area contributed by atoms with Crippen LogP contribution in [0.2, 0.25) is 0 Å². The van der Waals surface area contributed by atoms with Crippen LogP contribution in [0.1, 0.15) is 16.1 Å². The largest absolute Gasteiger partial charge is 0.497 e. The van der Waals surface area contributed by atoms with E-state index in [2.05, 4.69) is 4.98 Å². The molecule has 0 N–H and O–H groups in total. The highest BCUT2D eigenvalue weighted by Gasteiger charge is 2.19. The fraction of sp³-hybridized carbons (Fsp3) is 0.130. The second kappa shape index (κ2) is 7.19. The Labute approximate surface area is 162 Å². The predicted molar refractivity (Wildman–Crippen MR) is 109 cm³/mol. The van der Waals surface area contributed by atoms with Crippen LogP contribution in [0.5, 0.6) is 17.2 Å². The van der Waals surface area contributed by atoms with E-state index in [9.17, 15) is 4.79 Å².